The van der Waals surface area contributed by atoms with Crippen LogP contribution in [0, 0.1) is 0 Å². The fourth-order valence-electron chi connectivity index (χ4n) is 2.73. The second-order valence-electron chi connectivity index (χ2n) is 7.25. The zero-order valence-electron chi connectivity index (χ0n) is 15.5. The molecule has 1 heterocycles. The molecule has 0 saturated heterocycles. The number of carbonyl (C=O) groups is 1. The van der Waals surface area contributed by atoms with E-state index in [9.17, 15) is 14.8 Å². The summed E-state index contributed by atoms with van der Waals surface area (Å²) in [7, 11) is -1.81. The molecule has 2 aromatic carbocycles. The molecule has 7 heteroatoms. The molecule has 1 aromatic heterocycles. The molecule has 0 saturated carbocycles. The van der Waals surface area contributed by atoms with Gasteiger partial charge in [-0.15, -0.1) is 0 Å². The van der Waals surface area contributed by atoms with E-state index < -0.39 is 18.8 Å². The maximum Gasteiger partial charge on any atom is 0.506 e. The lowest BCUT2D eigenvalue weighted by molar-refractivity contribution is 0.0547. The van der Waals surface area contributed by atoms with Gasteiger partial charge in [0.1, 0.15) is 18.0 Å². The Labute approximate surface area is 158 Å². The number of carbonyl (C=O) groups excluding carboxylic acids is 1. The van der Waals surface area contributed by atoms with Gasteiger partial charge in [0.05, 0.1) is 11.1 Å². The highest BCUT2D eigenvalue weighted by molar-refractivity contribution is 6.59. The first kappa shape index (κ1) is 19.0. The Kier molecular flexibility index (Phi) is 5.25. The van der Waals surface area contributed by atoms with Gasteiger partial charge in [-0.1, -0.05) is 30.3 Å². The number of benzene rings is 2. The third kappa shape index (κ3) is 4.50. The number of nitrogens with zero attached hydrogens (tertiary/aromatic N) is 1. The van der Waals surface area contributed by atoms with Gasteiger partial charge in [-0.3, -0.25) is 4.57 Å². The van der Waals surface area contributed by atoms with Crippen molar-refractivity contribution in [1.82, 2.24) is 4.57 Å². The summed E-state index contributed by atoms with van der Waals surface area (Å²) in [5.41, 5.74) is 0.830. The second-order valence-corrected chi connectivity index (χ2v) is 7.25. The molecule has 0 aliphatic heterocycles. The smallest absolute Gasteiger partial charge is 0.489 e. The van der Waals surface area contributed by atoms with Crippen molar-refractivity contribution in [2.24, 2.45) is 0 Å². The van der Waals surface area contributed by atoms with Crippen molar-refractivity contribution < 1.29 is 24.3 Å². The predicted molar refractivity (Wildman–Crippen MR) is 104 cm³/mol. The lowest BCUT2D eigenvalue weighted by atomic mass is 9.86. The molecule has 0 atom stereocenters. The number of fused-ring (bicyclic) bond motifs is 1. The summed E-state index contributed by atoms with van der Waals surface area (Å²) in [5, 5.41) is 20.0. The van der Waals surface area contributed by atoms with Crippen molar-refractivity contribution in [2.45, 2.75) is 33.0 Å². The van der Waals surface area contributed by atoms with Crippen LogP contribution >= 0.6 is 0 Å². The predicted octanol–water partition coefficient (Wildman–Crippen LogP) is 2.68. The van der Waals surface area contributed by atoms with Crippen LogP contribution in [0.4, 0.5) is 4.79 Å². The molecule has 0 aliphatic rings. The first-order chi connectivity index (χ1) is 12.7. The van der Waals surface area contributed by atoms with E-state index in [1.165, 1.54) is 4.57 Å². The van der Waals surface area contributed by atoms with Gasteiger partial charge in [-0.05, 0) is 44.5 Å². The maximum atomic E-state index is 12.6. The molecule has 0 unspecified atom stereocenters. The average molecular weight is 367 g/mol. The minimum Gasteiger partial charge on any atom is -0.489 e. The van der Waals surface area contributed by atoms with Crippen molar-refractivity contribution in [3.8, 4) is 5.75 Å². The van der Waals surface area contributed by atoms with E-state index in [-0.39, 0.29) is 5.59 Å². The fourth-order valence-corrected chi connectivity index (χ4v) is 2.73. The molecule has 0 aliphatic carbocycles. The zero-order valence-corrected chi connectivity index (χ0v) is 15.5. The number of hydrogen-bond donors (Lipinski definition) is 2. The van der Waals surface area contributed by atoms with Gasteiger partial charge < -0.3 is 19.5 Å². The Morgan fingerprint density at radius 1 is 1.07 bits per heavy atom. The van der Waals surface area contributed by atoms with Crippen molar-refractivity contribution in [2.75, 3.05) is 0 Å². The molecule has 140 valence electrons. The van der Waals surface area contributed by atoms with E-state index in [1.54, 1.807) is 45.0 Å². The Balaban J connectivity index is 1.96. The Bertz CT molecular complexity index is 944. The van der Waals surface area contributed by atoms with Crippen LogP contribution in [0.2, 0.25) is 0 Å². The van der Waals surface area contributed by atoms with Gasteiger partial charge in [-0.25, -0.2) is 4.79 Å². The van der Waals surface area contributed by atoms with Gasteiger partial charge in [0.25, 0.3) is 0 Å². The van der Waals surface area contributed by atoms with Crippen molar-refractivity contribution in [3.05, 3.63) is 60.2 Å². The molecule has 27 heavy (non-hydrogen) atoms. The summed E-state index contributed by atoms with van der Waals surface area (Å²) in [4.78, 5) is 12.6. The van der Waals surface area contributed by atoms with Gasteiger partial charge in [0, 0.05) is 11.5 Å². The summed E-state index contributed by atoms with van der Waals surface area (Å²) in [6.07, 6.45) is -0.680. The lowest BCUT2D eigenvalue weighted by Gasteiger charge is -2.21. The van der Waals surface area contributed by atoms with E-state index in [0.717, 1.165) is 5.56 Å². The average Bonchev–Trinajstić information content (AvgIpc) is 2.98. The van der Waals surface area contributed by atoms with Gasteiger partial charge in [0.2, 0.25) is 0 Å². The molecule has 0 radical (unpaired) electrons. The van der Waals surface area contributed by atoms with Crippen LogP contribution in [-0.4, -0.2) is 33.4 Å². The van der Waals surface area contributed by atoms with Crippen LogP contribution in [-0.2, 0) is 11.3 Å². The quantitative estimate of drug-likeness (QED) is 0.693. The molecule has 3 aromatic rings. The van der Waals surface area contributed by atoms with Crippen LogP contribution in [0.25, 0.3) is 10.9 Å². The Hall–Kier alpha value is -2.77. The lowest BCUT2D eigenvalue weighted by Crippen LogP contribution is -2.41. The van der Waals surface area contributed by atoms with Gasteiger partial charge >= 0.3 is 13.2 Å². The Morgan fingerprint density at radius 3 is 2.41 bits per heavy atom. The molecule has 0 bridgehead atoms. The van der Waals surface area contributed by atoms with E-state index in [4.69, 9.17) is 9.47 Å². The summed E-state index contributed by atoms with van der Waals surface area (Å²) in [5.74, 6) is 0.563. The third-order valence-electron chi connectivity index (χ3n) is 3.89. The zero-order chi connectivity index (χ0) is 19.6. The van der Waals surface area contributed by atoms with Crippen LogP contribution in [0.15, 0.2) is 54.6 Å². The molecule has 0 fully saturated rings. The largest absolute Gasteiger partial charge is 0.506 e. The maximum absolute atomic E-state index is 12.6. The fraction of sp³-hybridized carbons (Fsp3) is 0.250. The second kappa shape index (κ2) is 7.46. The first-order valence-electron chi connectivity index (χ1n) is 8.66. The summed E-state index contributed by atoms with van der Waals surface area (Å²) >= 11 is 0. The van der Waals surface area contributed by atoms with Crippen molar-refractivity contribution in [3.63, 3.8) is 0 Å². The third-order valence-corrected chi connectivity index (χ3v) is 3.89. The molecule has 0 spiro atoms. The first-order valence-corrected chi connectivity index (χ1v) is 8.66. The molecule has 6 nitrogen and oxygen atoms in total. The van der Waals surface area contributed by atoms with E-state index in [2.05, 4.69) is 0 Å². The monoisotopic (exact) mass is 367 g/mol. The summed E-state index contributed by atoms with van der Waals surface area (Å²) in [6.45, 7) is 5.63. The standard InChI is InChI=1S/C20H22BNO5/c1-20(2,3)27-19(23)22-17-12-16(26-13-14-7-5-4-6-8-14)10-9-15(17)11-18(22)21(24)25/h4-12,24-25H,13H2,1-3H3. The van der Waals surface area contributed by atoms with E-state index >= 15 is 0 Å². The van der Waals surface area contributed by atoms with E-state index in [1.807, 2.05) is 30.3 Å². The molecule has 3 rings (SSSR count). The number of aromatic nitrogens is 1. The van der Waals surface area contributed by atoms with Gasteiger partial charge in [-0.2, -0.15) is 0 Å². The molecule has 0 amide bonds. The summed E-state index contributed by atoms with van der Waals surface area (Å²) < 4.78 is 12.4. The minimum absolute atomic E-state index is 0.0412. The topological polar surface area (TPSA) is 80.9 Å². The van der Waals surface area contributed by atoms with E-state index in [0.29, 0.717) is 23.3 Å². The highest BCUT2D eigenvalue weighted by Crippen LogP contribution is 2.23. The van der Waals surface area contributed by atoms with Crippen LogP contribution < -0.4 is 10.3 Å². The van der Waals surface area contributed by atoms with Crippen LogP contribution in [0.3, 0.4) is 0 Å². The van der Waals surface area contributed by atoms with Gasteiger partial charge in [0.15, 0.2) is 0 Å². The van der Waals surface area contributed by atoms with Crippen LogP contribution in [0.1, 0.15) is 26.3 Å². The molecule has 2 N–H and O–H groups in total. The summed E-state index contributed by atoms with van der Waals surface area (Å²) in [6, 6.07) is 16.5. The number of rotatable bonds is 4. The highest BCUT2D eigenvalue weighted by atomic mass is 16.6. The van der Waals surface area contributed by atoms with Crippen molar-refractivity contribution in [1.29, 1.82) is 0 Å². The van der Waals surface area contributed by atoms with Crippen molar-refractivity contribution >= 4 is 29.7 Å². The number of ether oxygens (including phenoxy) is 2. The highest BCUT2D eigenvalue weighted by Gasteiger charge is 2.27. The van der Waals surface area contributed by atoms with Crippen LogP contribution in [0.5, 0.6) is 5.75 Å². The molecular weight excluding hydrogens is 345 g/mol. The molecular formula is C20H22BNO5. The Morgan fingerprint density at radius 2 is 1.78 bits per heavy atom. The number of hydrogen-bond acceptors (Lipinski definition) is 5. The minimum atomic E-state index is -1.81. The SMILES string of the molecule is CC(C)(C)OC(=O)n1c(B(O)O)cc2ccc(OCc3ccccc3)cc21. The normalized spacial score (nSPS) is 11.4.